The van der Waals surface area contributed by atoms with Crippen LogP contribution >= 0.6 is 11.3 Å². The number of nitrogens with zero attached hydrogens (tertiary/aromatic N) is 1. The van der Waals surface area contributed by atoms with Crippen molar-refractivity contribution < 1.29 is 35.9 Å². The molecule has 0 aliphatic rings. The van der Waals surface area contributed by atoms with E-state index in [4.69, 9.17) is 0 Å². The molecule has 0 aliphatic heterocycles. The maximum absolute atomic E-state index is 13.1. The van der Waals surface area contributed by atoms with Gasteiger partial charge in [0.1, 0.15) is 0 Å². The van der Waals surface area contributed by atoms with E-state index in [1.807, 2.05) is 0 Å². The number of pyridine rings is 1. The Labute approximate surface area is 140 Å². The smallest absolute Gasteiger partial charge is 0.335 e. The number of nitrogens with one attached hydrogen (secondary N) is 1. The molecule has 2 rings (SSSR count). The Morgan fingerprint density at radius 2 is 1.64 bits per heavy atom. The molecule has 0 saturated carbocycles. The maximum Gasteiger partial charge on any atom is 0.455 e. The summed E-state index contributed by atoms with van der Waals surface area (Å²) >= 11 is 0.154. The summed E-state index contributed by atoms with van der Waals surface area (Å²) in [6, 6.07) is 2.87. The molecular formula is C14H8F6N2O2S. The van der Waals surface area contributed by atoms with Crippen LogP contribution in [0.2, 0.25) is 0 Å². The molecular weight excluding hydrogens is 374 g/mol. The Hall–Kier alpha value is -2.43. The van der Waals surface area contributed by atoms with Crippen LogP contribution in [0, 0.1) is 0 Å². The second kappa shape index (κ2) is 6.82. The van der Waals surface area contributed by atoms with E-state index in [1.165, 1.54) is 12.1 Å². The van der Waals surface area contributed by atoms with Gasteiger partial charge in [-0.05, 0) is 24.3 Å². The lowest BCUT2D eigenvalue weighted by atomic mass is 10.1. The minimum absolute atomic E-state index is 0.154. The van der Waals surface area contributed by atoms with Crippen LogP contribution in [0.15, 0.2) is 36.5 Å². The molecule has 25 heavy (non-hydrogen) atoms. The van der Waals surface area contributed by atoms with E-state index in [-0.39, 0.29) is 11.3 Å². The number of amides is 1. The number of halogens is 6. The lowest BCUT2D eigenvalue weighted by Crippen LogP contribution is -2.38. The zero-order valence-electron chi connectivity index (χ0n) is 12.0. The number of carbonyl (C=O) groups excluding carboxylic acids is 2. The van der Waals surface area contributed by atoms with Crippen LogP contribution in [0.1, 0.15) is 31.1 Å². The first kappa shape index (κ1) is 18.9. The predicted octanol–water partition coefficient (Wildman–Crippen LogP) is 3.92. The molecule has 0 saturated heterocycles. The molecule has 1 atom stereocenters. The summed E-state index contributed by atoms with van der Waals surface area (Å²) in [6.45, 7) is 0. The van der Waals surface area contributed by atoms with Crippen molar-refractivity contribution in [2.75, 3.05) is 0 Å². The second-order valence-electron chi connectivity index (χ2n) is 4.69. The molecule has 4 nitrogen and oxygen atoms in total. The molecule has 2 aromatic rings. The quantitative estimate of drug-likeness (QED) is 0.644. The van der Waals surface area contributed by atoms with Gasteiger partial charge in [-0.15, -0.1) is 11.3 Å². The fourth-order valence-corrected chi connectivity index (χ4v) is 2.66. The normalized spacial score (nSPS) is 13.4. The van der Waals surface area contributed by atoms with Crippen LogP contribution in [0.5, 0.6) is 0 Å². The van der Waals surface area contributed by atoms with E-state index in [9.17, 15) is 35.9 Å². The van der Waals surface area contributed by atoms with Crippen molar-refractivity contribution >= 4 is 23.0 Å². The summed E-state index contributed by atoms with van der Waals surface area (Å²) in [6.07, 6.45) is -8.90. The van der Waals surface area contributed by atoms with Crippen molar-refractivity contribution in [2.45, 2.75) is 18.4 Å². The van der Waals surface area contributed by atoms with Crippen LogP contribution in [-0.2, 0) is 0 Å². The van der Waals surface area contributed by atoms with E-state index in [2.05, 4.69) is 4.98 Å². The van der Waals surface area contributed by atoms with Crippen molar-refractivity contribution in [2.24, 2.45) is 0 Å². The van der Waals surface area contributed by atoms with Gasteiger partial charge < -0.3 is 5.32 Å². The lowest BCUT2D eigenvalue weighted by Gasteiger charge is -2.20. The molecule has 2 heterocycles. The third-order valence-electron chi connectivity index (χ3n) is 2.90. The van der Waals surface area contributed by atoms with Crippen LogP contribution < -0.4 is 5.32 Å². The molecule has 1 N–H and O–H groups in total. The average molecular weight is 382 g/mol. The van der Waals surface area contributed by atoms with Crippen molar-refractivity contribution in [3.63, 3.8) is 0 Å². The molecule has 1 unspecified atom stereocenters. The Bertz CT molecular complexity index is 770. The van der Waals surface area contributed by atoms with E-state index < -0.39 is 45.5 Å². The number of aromatic nitrogens is 1. The van der Waals surface area contributed by atoms with Crippen LogP contribution in [-0.4, -0.2) is 29.0 Å². The van der Waals surface area contributed by atoms with E-state index in [0.29, 0.717) is 0 Å². The van der Waals surface area contributed by atoms with E-state index in [1.54, 1.807) is 5.32 Å². The predicted molar refractivity (Wildman–Crippen MR) is 75.2 cm³/mol. The molecule has 0 bridgehead atoms. The highest BCUT2D eigenvalue weighted by Gasteiger charge is 2.43. The topological polar surface area (TPSA) is 59.1 Å². The fraction of sp³-hybridized carbons (Fsp3) is 0.214. The number of carbonyl (C=O) groups is 2. The number of alkyl halides is 6. The third kappa shape index (κ3) is 4.56. The van der Waals surface area contributed by atoms with Crippen molar-refractivity contribution in [1.29, 1.82) is 0 Å². The average Bonchev–Trinajstić information content (AvgIpc) is 3.00. The number of hydrogen-bond donors (Lipinski definition) is 1. The largest absolute Gasteiger partial charge is 0.455 e. The fourth-order valence-electron chi connectivity index (χ4n) is 1.79. The molecule has 0 aromatic carbocycles. The first-order valence-electron chi connectivity index (χ1n) is 6.50. The van der Waals surface area contributed by atoms with Gasteiger partial charge in [0, 0.05) is 6.20 Å². The Morgan fingerprint density at radius 1 is 1.00 bits per heavy atom. The standard InChI is InChI=1S/C14H8F6N2O2S/c15-13(16,17)10(7-3-1-2-6-21-7)22-12(24)9-5-4-8(25-9)11(23)14(18,19)20/h1-6,10H,(H,22,24). The van der Waals surface area contributed by atoms with Gasteiger partial charge in [0.2, 0.25) is 0 Å². The molecule has 1 amide bonds. The minimum Gasteiger partial charge on any atom is -0.335 e. The summed E-state index contributed by atoms with van der Waals surface area (Å²) in [5.74, 6) is -3.44. The summed E-state index contributed by atoms with van der Waals surface area (Å²) in [5.41, 5.74) is -0.480. The number of Topliss-reactive ketones (excluding diaryl/α,β-unsaturated/α-hetero) is 1. The highest BCUT2D eigenvalue weighted by molar-refractivity contribution is 7.16. The monoisotopic (exact) mass is 382 g/mol. The van der Waals surface area contributed by atoms with Crippen LogP contribution in [0.3, 0.4) is 0 Å². The highest BCUT2D eigenvalue weighted by Crippen LogP contribution is 2.32. The van der Waals surface area contributed by atoms with Gasteiger partial charge in [-0.1, -0.05) is 6.07 Å². The number of thiophene rings is 1. The van der Waals surface area contributed by atoms with Gasteiger partial charge in [0.25, 0.3) is 11.7 Å². The minimum atomic E-state index is -5.14. The van der Waals surface area contributed by atoms with Crippen molar-refractivity contribution in [3.05, 3.63) is 52.0 Å². The van der Waals surface area contributed by atoms with E-state index in [0.717, 1.165) is 24.4 Å². The van der Waals surface area contributed by atoms with E-state index >= 15 is 0 Å². The first-order valence-corrected chi connectivity index (χ1v) is 7.31. The summed E-state index contributed by atoms with van der Waals surface area (Å²) in [4.78, 5) is 25.3. The third-order valence-corrected chi connectivity index (χ3v) is 3.98. The Morgan fingerprint density at radius 3 is 2.16 bits per heavy atom. The summed E-state index contributed by atoms with van der Waals surface area (Å²) < 4.78 is 76.3. The van der Waals surface area contributed by atoms with Crippen LogP contribution in [0.25, 0.3) is 0 Å². The van der Waals surface area contributed by atoms with Gasteiger partial charge >= 0.3 is 12.4 Å². The number of ketones is 1. The number of rotatable bonds is 4. The van der Waals surface area contributed by atoms with Crippen molar-refractivity contribution in [1.82, 2.24) is 10.3 Å². The molecule has 0 aliphatic carbocycles. The van der Waals surface area contributed by atoms with Gasteiger partial charge in [0.15, 0.2) is 6.04 Å². The molecule has 2 aromatic heterocycles. The summed E-state index contributed by atoms with van der Waals surface area (Å²) in [5, 5.41) is 1.67. The number of hydrogen-bond acceptors (Lipinski definition) is 4. The lowest BCUT2D eigenvalue weighted by molar-refractivity contribution is -0.156. The first-order chi connectivity index (χ1) is 11.5. The molecule has 134 valence electrons. The molecule has 0 spiro atoms. The Balaban J connectivity index is 2.23. The molecule has 11 heteroatoms. The SMILES string of the molecule is O=C(NC(c1ccccn1)C(F)(F)F)c1ccc(C(=O)C(F)(F)F)s1. The highest BCUT2D eigenvalue weighted by atomic mass is 32.1. The zero-order chi connectivity index (χ0) is 18.8. The zero-order valence-corrected chi connectivity index (χ0v) is 12.8. The van der Waals surface area contributed by atoms with Crippen LogP contribution in [0.4, 0.5) is 26.3 Å². The molecule has 0 fully saturated rings. The Kier molecular flexibility index (Phi) is 5.16. The van der Waals surface area contributed by atoms with Gasteiger partial charge in [-0.2, -0.15) is 26.3 Å². The second-order valence-corrected chi connectivity index (χ2v) is 5.78. The molecule has 0 radical (unpaired) electrons. The maximum atomic E-state index is 13.1. The van der Waals surface area contributed by atoms with Crippen molar-refractivity contribution in [3.8, 4) is 0 Å². The van der Waals surface area contributed by atoms with Gasteiger partial charge in [0.05, 0.1) is 15.4 Å². The van der Waals surface area contributed by atoms with Gasteiger partial charge in [-0.25, -0.2) is 0 Å². The van der Waals surface area contributed by atoms with Gasteiger partial charge in [-0.3, -0.25) is 14.6 Å². The summed E-state index contributed by atoms with van der Waals surface area (Å²) in [7, 11) is 0.